The molecule has 2 heteroatoms. The van der Waals surface area contributed by atoms with Crippen molar-refractivity contribution < 1.29 is 0 Å². The molecule has 4 N–H and O–H groups in total. The Kier molecular flexibility index (Phi) is 4.29. The highest BCUT2D eigenvalue weighted by Crippen LogP contribution is 2.13. The predicted octanol–water partition coefficient (Wildman–Crippen LogP) is 2.77. The molecule has 0 fully saturated rings. The van der Waals surface area contributed by atoms with Crippen LogP contribution in [-0.2, 0) is 13.1 Å². The van der Waals surface area contributed by atoms with Gasteiger partial charge in [0.25, 0.3) is 0 Å². The van der Waals surface area contributed by atoms with Crippen molar-refractivity contribution in [3.05, 3.63) is 70.8 Å². The Morgan fingerprint density at radius 3 is 2.17 bits per heavy atom. The van der Waals surface area contributed by atoms with Crippen molar-refractivity contribution in [3.63, 3.8) is 0 Å². The van der Waals surface area contributed by atoms with Gasteiger partial charge in [0, 0.05) is 13.1 Å². The van der Waals surface area contributed by atoms with E-state index >= 15 is 0 Å². The van der Waals surface area contributed by atoms with E-state index in [0.29, 0.717) is 13.1 Å². The van der Waals surface area contributed by atoms with Crippen LogP contribution in [0.1, 0.15) is 22.3 Å². The molecule has 2 aromatic carbocycles. The Labute approximate surface area is 108 Å². The molecule has 2 aromatic rings. The van der Waals surface area contributed by atoms with E-state index in [4.69, 9.17) is 11.5 Å². The van der Waals surface area contributed by atoms with Crippen LogP contribution in [0.2, 0.25) is 0 Å². The number of hydrogen-bond donors (Lipinski definition) is 2. The molecule has 0 spiro atoms. The Hall–Kier alpha value is -1.90. The molecule has 92 valence electrons. The average molecular weight is 238 g/mol. The third kappa shape index (κ3) is 3.06. The second kappa shape index (κ2) is 6.15. The summed E-state index contributed by atoms with van der Waals surface area (Å²) in [6, 6.07) is 16.4. The molecule has 0 aliphatic heterocycles. The first-order valence-corrected chi connectivity index (χ1v) is 6.08. The quantitative estimate of drug-likeness (QED) is 0.805. The molecule has 0 atom stereocenters. The van der Waals surface area contributed by atoms with Crippen LogP contribution in [0.4, 0.5) is 0 Å². The molecule has 0 unspecified atom stereocenters. The molecule has 0 aliphatic rings. The summed E-state index contributed by atoms with van der Waals surface area (Å²) in [4.78, 5) is 0. The topological polar surface area (TPSA) is 52.0 Å². The first-order valence-electron chi connectivity index (χ1n) is 6.08. The maximum Gasteiger partial charge on any atom is 0.0184 e. The zero-order chi connectivity index (χ0) is 12.8. The summed E-state index contributed by atoms with van der Waals surface area (Å²) in [7, 11) is 0. The fraction of sp³-hybridized carbons (Fsp3) is 0.125. The van der Waals surface area contributed by atoms with E-state index in [1.807, 2.05) is 12.1 Å². The minimum absolute atomic E-state index is 0.562. The summed E-state index contributed by atoms with van der Waals surface area (Å²) >= 11 is 0. The molecule has 0 heterocycles. The molecule has 0 saturated carbocycles. The minimum Gasteiger partial charge on any atom is -0.326 e. The smallest absolute Gasteiger partial charge is 0.0184 e. The molecular formula is C16H18N2. The van der Waals surface area contributed by atoms with E-state index in [0.717, 1.165) is 11.1 Å². The second-order valence-corrected chi connectivity index (χ2v) is 4.18. The summed E-state index contributed by atoms with van der Waals surface area (Å²) in [5.41, 5.74) is 15.9. The van der Waals surface area contributed by atoms with Gasteiger partial charge in [0.15, 0.2) is 0 Å². The van der Waals surface area contributed by atoms with Crippen molar-refractivity contribution in [2.45, 2.75) is 13.1 Å². The van der Waals surface area contributed by atoms with Gasteiger partial charge in [0.05, 0.1) is 0 Å². The molecule has 2 nitrogen and oxygen atoms in total. The summed E-state index contributed by atoms with van der Waals surface area (Å²) in [6.45, 7) is 1.15. The Morgan fingerprint density at radius 1 is 0.778 bits per heavy atom. The van der Waals surface area contributed by atoms with Gasteiger partial charge in [0.1, 0.15) is 0 Å². The van der Waals surface area contributed by atoms with Gasteiger partial charge in [-0.25, -0.2) is 0 Å². The number of benzene rings is 2. The van der Waals surface area contributed by atoms with Crippen molar-refractivity contribution in [2.24, 2.45) is 11.5 Å². The van der Waals surface area contributed by atoms with Crippen LogP contribution in [0.15, 0.2) is 48.5 Å². The fourth-order valence-electron chi connectivity index (χ4n) is 1.83. The Balaban J connectivity index is 2.19. The van der Waals surface area contributed by atoms with Gasteiger partial charge in [-0.15, -0.1) is 0 Å². The highest BCUT2D eigenvalue weighted by molar-refractivity contribution is 5.71. The van der Waals surface area contributed by atoms with Gasteiger partial charge in [-0.2, -0.15) is 0 Å². The Morgan fingerprint density at radius 2 is 1.50 bits per heavy atom. The lowest BCUT2D eigenvalue weighted by Gasteiger charge is -2.02. The van der Waals surface area contributed by atoms with E-state index in [1.165, 1.54) is 11.1 Å². The highest BCUT2D eigenvalue weighted by Gasteiger charge is 1.95. The minimum atomic E-state index is 0.562. The van der Waals surface area contributed by atoms with Crippen LogP contribution in [0, 0.1) is 0 Å². The van der Waals surface area contributed by atoms with Crippen LogP contribution in [-0.4, -0.2) is 0 Å². The zero-order valence-electron chi connectivity index (χ0n) is 10.3. The van der Waals surface area contributed by atoms with Crippen molar-refractivity contribution in [1.29, 1.82) is 0 Å². The standard InChI is InChI=1S/C16H18N2/c17-11-14-7-5-13(6-8-14)9-10-15-3-1-2-4-16(15)12-18/h1-10H,11-12,17-18H2/b10-9-. The van der Waals surface area contributed by atoms with E-state index in [9.17, 15) is 0 Å². The molecule has 0 aliphatic carbocycles. The first kappa shape index (κ1) is 12.6. The summed E-state index contributed by atoms with van der Waals surface area (Å²) in [6.07, 6.45) is 4.19. The van der Waals surface area contributed by atoms with Crippen molar-refractivity contribution >= 4 is 12.2 Å². The summed E-state index contributed by atoms with van der Waals surface area (Å²) in [5.74, 6) is 0. The lowest BCUT2D eigenvalue weighted by molar-refractivity contribution is 1.07. The molecular weight excluding hydrogens is 220 g/mol. The largest absolute Gasteiger partial charge is 0.326 e. The zero-order valence-corrected chi connectivity index (χ0v) is 10.3. The van der Waals surface area contributed by atoms with Crippen LogP contribution in [0.3, 0.4) is 0 Å². The summed E-state index contributed by atoms with van der Waals surface area (Å²) < 4.78 is 0. The van der Waals surface area contributed by atoms with Gasteiger partial charge in [-0.1, -0.05) is 60.7 Å². The first-order chi connectivity index (χ1) is 8.83. The van der Waals surface area contributed by atoms with Crippen LogP contribution in [0.5, 0.6) is 0 Å². The van der Waals surface area contributed by atoms with Crippen LogP contribution in [0.25, 0.3) is 12.2 Å². The highest BCUT2D eigenvalue weighted by atomic mass is 14.5. The molecule has 0 amide bonds. The number of hydrogen-bond acceptors (Lipinski definition) is 2. The molecule has 0 bridgehead atoms. The SMILES string of the molecule is NCc1ccc(/C=C\c2ccccc2CN)cc1. The third-order valence-corrected chi connectivity index (χ3v) is 2.95. The molecule has 18 heavy (non-hydrogen) atoms. The van der Waals surface area contributed by atoms with Gasteiger partial charge in [-0.05, 0) is 22.3 Å². The number of nitrogens with two attached hydrogens (primary N) is 2. The third-order valence-electron chi connectivity index (χ3n) is 2.95. The van der Waals surface area contributed by atoms with E-state index < -0.39 is 0 Å². The maximum absolute atomic E-state index is 5.71. The average Bonchev–Trinajstić information content (AvgIpc) is 2.46. The second-order valence-electron chi connectivity index (χ2n) is 4.18. The molecule has 0 aromatic heterocycles. The fourth-order valence-corrected chi connectivity index (χ4v) is 1.83. The van der Waals surface area contributed by atoms with Gasteiger partial charge in [0.2, 0.25) is 0 Å². The molecule has 0 radical (unpaired) electrons. The predicted molar refractivity (Wildman–Crippen MR) is 77.6 cm³/mol. The monoisotopic (exact) mass is 238 g/mol. The van der Waals surface area contributed by atoms with Gasteiger partial charge < -0.3 is 11.5 Å². The van der Waals surface area contributed by atoms with E-state index in [-0.39, 0.29) is 0 Å². The summed E-state index contributed by atoms with van der Waals surface area (Å²) in [5, 5.41) is 0. The molecule has 0 saturated heterocycles. The van der Waals surface area contributed by atoms with Crippen LogP contribution >= 0.6 is 0 Å². The number of rotatable bonds is 4. The maximum atomic E-state index is 5.71. The normalized spacial score (nSPS) is 11.0. The van der Waals surface area contributed by atoms with Crippen molar-refractivity contribution in [3.8, 4) is 0 Å². The van der Waals surface area contributed by atoms with Gasteiger partial charge >= 0.3 is 0 Å². The van der Waals surface area contributed by atoms with E-state index in [2.05, 4.69) is 48.6 Å². The van der Waals surface area contributed by atoms with Gasteiger partial charge in [-0.3, -0.25) is 0 Å². The lowest BCUT2D eigenvalue weighted by Crippen LogP contribution is -1.98. The van der Waals surface area contributed by atoms with Crippen molar-refractivity contribution in [2.75, 3.05) is 0 Å². The molecule has 2 rings (SSSR count). The lowest BCUT2D eigenvalue weighted by atomic mass is 10.1. The van der Waals surface area contributed by atoms with E-state index in [1.54, 1.807) is 0 Å². The van der Waals surface area contributed by atoms with Crippen LogP contribution < -0.4 is 11.5 Å². The Bertz CT molecular complexity index is 527. The van der Waals surface area contributed by atoms with Crippen molar-refractivity contribution in [1.82, 2.24) is 0 Å².